The summed E-state index contributed by atoms with van der Waals surface area (Å²) in [7, 11) is 0. The van der Waals surface area contributed by atoms with Gasteiger partial charge in [-0.3, -0.25) is 4.90 Å². The highest BCUT2D eigenvalue weighted by atomic mass is 35.5. The zero-order chi connectivity index (χ0) is 12.8. The number of morpholine rings is 1. The molecule has 1 aliphatic rings. The molecule has 18 heavy (non-hydrogen) atoms. The average Bonchev–Trinajstić information content (AvgIpc) is 2.76. The second-order valence-corrected chi connectivity index (χ2v) is 5.34. The van der Waals surface area contributed by atoms with Crippen LogP contribution in [0.2, 0.25) is 5.15 Å². The summed E-state index contributed by atoms with van der Waals surface area (Å²) < 4.78 is 5.29. The predicted molar refractivity (Wildman–Crippen MR) is 72.2 cm³/mol. The van der Waals surface area contributed by atoms with Gasteiger partial charge in [-0.1, -0.05) is 22.9 Å². The molecule has 1 saturated heterocycles. The molecule has 0 atom stereocenters. The number of ether oxygens (including phenoxy) is 1. The van der Waals surface area contributed by atoms with Crippen LogP contribution in [0.15, 0.2) is 0 Å². The van der Waals surface area contributed by atoms with Gasteiger partial charge in [-0.2, -0.15) is 5.26 Å². The van der Waals surface area contributed by atoms with E-state index < -0.39 is 0 Å². The number of halogens is 1. The van der Waals surface area contributed by atoms with Gasteiger partial charge in [-0.15, -0.1) is 0 Å². The minimum atomic E-state index is 0.290. The largest absolute Gasteiger partial charge is 0.379 e. The van der Waals surface area contributed by atoms with E-state index in [1.54, 1.807) is 0 Å². The van der Waals surface area contributed by atoms with Crippen LogP contribution in [0.25, 0.3) is 0 Å². The summed E-state index contributed by atoms with van der Waals surface area (Å²) in [6, 6.07) is 2.02. The van der Waals surface area contributed by atoms with Gasteiger partial charge >= 0.3 is 0 Å². The maximum absolute atomic E-state index is 8.76. The number of thiazole rings is 1. The molecule has 1 aromatic rings. The van der Waals surface area contributed by atoms with Crippen molar-refractivity contribution in [1.82, 2.24) is 9.88 Å². The van der Waals surface area contributed by atoms with E-state index in [0.717, 1.165) is 50.9 Å². The Labute approximate surface area is 115 Å². The average molecular weight is 287 g/mol. The molecule has 0 unspecified atom stereocenters. The molecule has 1 aromatic heterocycles. The number of hydrogen-bond donors (Lipinski definition) is 1. The van der Waals surface area contributed by atoms with Crippen LogP contribution < -0.4 is 5.32 Å². The van der Waals surface area contributed by atoms with E-state index >= 15 is 0 Å². The molecule has 1 aliphatic heterocycles. The lowest BCUT2D eigenvalue weighted by Gasteiger charge is -2.26. The Morgan fingerprint density at radius 3 is 2.94 bits per heavy atom. The lowest BCUT2D eigenvalue weighted by molar-refractivity contribution is 0.0378. The van der Waals surface area contributed by atoms with Crippen molar-refractivity contribution >= 4 is 28.1 Å². The summed E-state index contributed by atoms with van der Waals surface area (Å²) in [5, 5.41) is 13.0. The summed E-state index contributed by atoms with van der Waals surface area (Å²) >= 11 is 7.09. The quantitative estimate of drug-likeness (QED) is 0.837. The number of aromatic nitrogens is 1. The van der Waals surface area contributed by atoms with Crippen LogP contribution in [0.4, 0.5) is 5.13 Å². The number of nitrogens with one attached hydrogen (secondary N) is 1. The molecule has 0 saturated carbocycles. The lowest BCUT2D eigenvalue weighted by Crippen LogP contribution is -2.37. The molecule has 0 radical (unpaired) electrons. The van der Waals surface area contributed by atoms with E-state index in [0.29, 0.717) is 4.88 Å². The van der Waals surface area contributed by atoms with Gasteiger partial charge < -0.3 is 10.1 Å². The highest BCUT2D eigenvalue weighted by Crippen LogP contribution is 2.25. The normalized spacial score (nSPS) is 16.4. The highest BCUT2D eigenvalue weighted by Gasteiger charge is 2.10. The van der Waals surface area contributed by atoms with E-state index in [9.17, 15) is 0 Å². The number of anilines is 1. The van der Waals surface area contributed by atoms with Crippen molar-refractivity contribution in [3.8, 4) is 6.07 Å². The zero-order valence-electron chi connectivity index (χ0n) is 9.99. The van der Waals surface area contributed by atoms with Gasteiger partial charge in [0.1, 0.15) is 10.9 Å². The third-order valence-electron chi connectivity index (χ3n) is 2.72. The van der Waals surface area contributed by atoms with E-state index in [1.165, 1.54) is 11.3 Å². The highest BCUT2D eigenvalue weighted by molar-refractivity contribution is 7.16. The van der Waals surface area contributed by atoms with E-state index in [1.807, 2.05) is 6.07 Å². The first-order valence-electron chi connectivity index (χ1n) is 5.90. The molecular formula is C11H15ClN4OS. The van der Waals surface area contributed by atoms with E-state index in [-0.39, 0.29) is 5.15 Å². The zero-order valence-corrected chi connectivity index (χ0v) is 11.6. The Kier molecular flexibility index (Phi) is 5.20. The van der Waals surface area contributed by atoms with Crippen LogP contribution in [-0.4, -0.2) is 49.3 Å². The maximum Gasteiger partial charge on any atom is 0.185 e. The van der Waals surface area contributed by atoms with Gasteiger partial charge in [0.05, 0.1) is 13.2 Å². The van der Waals surface area contributed by atoms with Gasteiger partial charge in [-0.05, 0) is 13.0 Å². The Balaban J connectivity index is 1.67. The first-order valence-corrected chi connectivity index (χ1v) is 7.09. The molecule has 0 spiro atoms. The molecule has 0 amide bonds. The van der Waals surface area contributed by atoms with Crippen molar-refractivity contribution < 1.29 is 4.74 Å². The molecule has 98 valence electrons. The summed E-state index contributed by atoms with van der Waals surface area (Å²) in [5.74, 6) is 0. The molecular weight excluding hydrogens is 272 g/mol. The molecule has 1 N–H and O–H groups in total. The first kappa shape index (κ1) is 13.6. The summed E-state index contributed by atoms with van der Waals surface area (Å²) in [4.78, 5) is 6.94. The van der Waals surface area contributed by atoms with Gasteiger partial charge in [-0.25, -0.2) is 4.98 Å². The van der Waals surface area contributed by atoms with Crippen molar-refractivity contribution in [3.63, 3.8) is 0 Å². The number of rotatable bonds is 5. The third-order valence-corrected chi connectivity index (χ3v) is 4.02. The van der Waals surface area contributed by atoms with Gasteiger partial charge in [0.2, 0.25) is 0 Å². The number of hydrogen-bond acceptors (Lipinski definition) is 6. The first-order chi connectivity index (χ1) is 8.79. The Hall–Kier alpha value is -0.870. The van der Waals surface area contributed by atoms with E-state index in [2.05, 4.69) is 15.2 Å². The molecule has 7 heteroatoms. The second kappa shape index (κ2) is 6.90. The van der Waals surface area contributed by atoms with Crippen molar-refractivity contribution in [3.05, 3.63) is 10.0 Å². The summed E-state index contributed by atoms with van der Waals surface area (Å²) in [6.45, 7) is 5.60. The number of nitrogens with zero attached hydrogens (tertiary/aromatic N) is 3. The van der Waals surface area contributed by atoms with Crippen LogP contribution in [0.5, 0.6) is 0 Å². The molecule has 2 rings (SSSR count). The SMILES string of the molecule is N#Cc1sc(NCCCN2CCOCC2)nc1Cl. The van der Waals surface area contributed by atoms with Crippen LogP contribution >= 0.6 is 22.9 Å². The van der Waals surface area contributed by atoms with Crippen molar-refractivity contribution in [2.75, 3.05) is 44.7 Å². The number of nitriles is 1. The Morgan fingerprint density at radius 2 is 2.28 bits per heavy atom. The standard InChI is InChI=1S/C11H15ClN4OS/c12-10-9(8-13)18-11(15-10)14-2-1-3-16-4-6-17-7-5-16/h1-7H2,(H,14,15). The minimum Gasteiger partial charge on any atom is -0.379 e. The van der Waals surface area contributed by atoms with Crippen LogP contribution in [0.1, 0.15) is 11.3 Å². The molecule has 1 fully saturated rings. The van der Waals surface area contributed by atoms with Crippen LogP contribution in [0, 0.1) is 11.3 Å². The Morgan fingerprint density at radius 1 is 1.50 bits per heavy atom. The molecule has 0 aromatic carbocycles. The topological polar surface area (TPSA) is 61.2 Å². The fraction of sp³-hybridized carbons (Fsp3) is 0.636. The van der Waals surface area contributed by atoms with Gasteiger partial charge in [0.15, 0.2) is 10.3 Å². The fourth-order valence-electron chi connectivity index (χ4n) is 1.77. The molecule has 5 nitrogen and oxygen atoms in total. The van der Waals surface area contributed by atoms with Gasteiger partial charge in [0.25, 0.3) is 0 Å². The minimum absolute atomic E-state index is 0.290. The third kappa shape index (κ3) is 3.82. The van der Waals surface area contributed by atoms with Crippen molar-refractivity contribution in [2.24, 2.45) is 0 Å². The summed E-state index contributed by atoms with van der Waals surface area (Å²) in [5.41, 5.74) is 0. The molecule has 0 aliphatic carbocycles. The molecule has 0 bridgehead atoms. The maximum atomic E-state index is 8.76. The van der Waals surface area contributed by atoms with Crippen LogP contribution in [-0.2, 0) is 4.74 Å². The molecule has 2 heterocycles. The predicted octanol–water partition coefficient (Wildman–Crippen LogP) is 1.80. The van der Waals surface area contributed by atoms with Crippen LogP contribution in [0.3, 0.4) is 0 Å². The fourth-order valence-corrected chi connectivity index (χ4v) is 2.74. The van der Waals surface area contributed by atoms with Gasteiger partial charge in [0, 0.05) is 19.6 Å². The Bertz CT molecular complexity index is 425. The lowest BCUT2D eigenvalue weighted by atomic mass is 10.3. The van der Waals surface area contributed by atoms with E-state index in [4.69, 9.17) is 21.6 Å². The summed E-state index contributed by atoms with van der Waals surface area (Å²) in [6.07, 6.45) is 1.04. The van der Waals surface area contributed by atoms with Crippen molar-refractivity contribution in [2.45, 2.75) is 6.42 Å². The smallest absolute Gasteiger partial charge is 0.185 e. The second-order valence-electron chi connectivity index (χ2n) is 3.99. The monoisotopic (exact) mass is 286 g/mol. The van der Waals surface area contributed by atoms with Crippen molar-refractivity contribution in [1.29, 1.82) is 5.26 Å².